The molecule has 3 aromatic rings. The van der Waals surface area contributed by atoms with Crippen molar-refractivity contribution >= 4 is 17.6 Å². The van der Waals surface area contributed by atoms with E-state index in [1.165, 1.54) is 11.0 Å². The molecule has 8 nitrogen and oxygen atoms in total. The van der Waals surface area contributed by atoms with Crippen LogP contribution in [0.5, 0.6) is 0 Å². The lowest BCUT2D eigenvalue weighted by atomic mass is 9.97. The average molecular weight is 393 g/mol. The Hall–Kier alpha value is -3.55. The van der Waals surface area contributed by atoms with Crippen molar-refractivity contribution in [3.8, 4) is 5.69 Å². The summed E-state index contributed by atoms with van der Waals surface area (Å²) in [6, 6.07) is 14.2. The predicted octanol–water partition coefficient (Wildman–Crippen LogP) is 3.36. The summed E-state index contributed by atoms with van der Waals surface area (Å²) in [5, 5.41) is 13.8. The van der Waals surface area contributed by atoms with Gasteiger partial charge in [0.05, 0.1) is 11.3 Å². The van der Waals surface area contributed by atoms with Crippen LogP contribution in [0.25, 0.3) is 5.69 Å². The van der Waals surface area contributed by atoms with Crippen molar-refractivity contribution in [3.05, 3.63) is 66.0 Å². The number of tetrazole rings is 1. The Morgan fingerprint density at radius 2 is 1.83 bits per heavy atom. The molecule has 2 aromatic carbocycles. The van der Waals surface area contributed by atoms with Crippen LogP contribution in [0.1, 0.15) is 49.0 Å². The van der Waals surface area contributed by atoms with E-state index in [4.69, 9.17) is 4.74 Å². The van der Waals surface area contributed by atoms with Crippen LogP contribution in [0.15, 0.2) is 54.9 Å². The van der Waals surface area contributed by atoms with Crippen molar-refractivity contribution in [3.63, 3.8) is 0 Å². The topological polar surface area (TPSA) is 99.0 Å². The number of aromatic nitrogens is 4. The van der Waals surface area contributed by atoms with Gasteiger partial charge in [-0.2, -0.15) is 0 Å². The van der Waals surface area contributed by atoms with Crippen LogP contribution in [0, 0.1) is 0 Å². The number of anilines is 1. The zero-order valence-corrected chi connectivity index (χ0v) is 16.6. The van der Waals surface area contributed by atoms with Gasteiger partial charge >= 0.3 is 5.97 Å². The summed E-state index contributed by atoms with van der Waals surface area (Å²) in [6.07, 6.45) is 1.47. The molecule has 0 radical (unpaired) electrons. The second kappa shape index (κ2) is 9.09. The number of benzene rings is 2. The fourth-order valence-corrected chi connectivity index (χ4v) is 2.81. The van der Waals surface area contributed by atoms with E-state index in [0.29, 0.717) is 17.2 Å². The van der Waals surface area contributed by atoms with Crippen molar-refractivity contribution in [2.24, 2.45) is 0 Å². The normalized spacial score (nSPS) is 12.8. The average Bonchev–Trinajstić information content (AvgIpc) is 3.28. The summed E-state index contributed by atoms with van der Waals surface area (Å²) >= 11 is 0. The highest BCUT2D eigenvalue weighted by molar-refractivity contribution is 5.97. The van der Waals surface area contributed by atoms with Crippen LogP contribution in [-0.2, 0) is 9.53 Å². The van der Waals surface area contributed by atoms with E-state index in [1.54, 1.807) is 31.2 Å². The Morgan fingerprint density at radius 3 is 2.48 bits per heavy atom. The zero-order valence-electron chi connectivity index (χ0n) is 16.6. The summed E-state index contributed by atoms with van der Waals surface area (Å²) < 4.78 is 6.80. The van der Waals surface area contributed by atoms with Gasteiger partial charge < -0.3 is 10.1 Å². The molecule has 0 saturated heterocycles. The van der Waals surface area contributed by atoms with Crippen molar-refractivity contribution in [2.45, 2.75) is 39.2 Å². The van der Waals surface area contributed by atoms with Gasteiger partial charge in [-0.3, -0.25) is 4.79 Å². The van der Waals surface area contributed by atoms with Gasteiger partial charge in [-0.25, -0.2) is 9.48 Å². The molecule has 1 aromatic heterocycles. The molecule has 0 aliphatic rings. The Labute approximate surface area is 168 Å². The van der Waals surface area contributed by atoms with E-state index < -0.39 is 12.1 Å². The van der Waals surface area contributed by atoms with E-state index >= 15 is 0 Å². The number of esters is 1. The van der Waals surface area contributed by atoms with Gasteiger partial charge in [0.25, 0.3) is 5.91 Å². The summed E-state index contributed by atoms with van der Waals surface area (Å²) in [4.78, 5) is 24.9. The molecular formula is C21H23N5O3. The maximum absolute atomic E-state index is 12.5. The number of carbonyl (C=O) groups is 2. The molecule has 0 bridgehead atoms. The van der Waals surface area contributed by atoms with E-state index in [9.17, 15) is 9.59 Å². The number of hydrogen-bond donors (Lipinski definition) is 1. The van der Waals surface area contributed by atoms with Gasteiger partial charge in [-0.15, -0.1) is 5.10 Å². The lowest BCUT2D eigenvalue weighted by molar-refractivity contribution is -0.123. The minimum absolute atomic E-state index is 0.308. The number of ether oxygens (including phenoxy) is 1. The number of rotatable bonds is 7. The molecule has 0 spiro atoms. The highest BCUT2D eigenvalue weighted by atomic mass is 16.5. The first-order valence-electron chi connectivity index (χ1n) is 9.43. The number of carbonyl (C=O) groups excluding carboxylic acids is 2. The van der Waals surface area contributed by atoms with Crippen LogP contribution >= 0.6 is 0 Å². The minimum Gasteiger partial charge on any atom is -0.449 e. The maximum Gasteiger partial charge on any atom is 0.338 e. The summed E-state index contributed by atoms with van der Waals surface area (Å²) in [5.41, 5.74) is 2.83. The van der Waals surface area contributed by atoms with Crippen LogP contribution in [-0.4, -0.2) is 38.2 Å². The summed E-state index contributed by atoms with van der Waals surface area (Å²) in [5.74, 6) is -0.645. The number of para-hydroxylation sites is 1. The maximum atomic E-state index is 12.5. The first-order valence-corrected chi connectivity index (χ1v) is 9.43. The predicted molar refractivity (Wildman–Crippen MR) is 108 cm³/mol. The van der Waals surface area contributed by atoms with Gasteiger partial charge in [0.2, 0.25) is 0 Å². The van der Waals surface area contributed by atoms with Crippen LogP contribution in [0.4, 0.5) is 5.69 Å². The van der Waals surface area contributed by atoms with Crippen LogP contribution in [0.3, 0.4) is 0 Å². The molecule has 0 saturated carbocycles. The van der Waals surface area contributed by atoms with Crippen molar-refractivity contribution in [1.29, 1.82) is 0 Å². The van der Waals surface area contributed by atoms with Crippen molar-refractivity contribution < 1.29 is 14.3 Å². The van der Waals surface area contributed by atoms with E-state index in [-0.39, 0.29) is 5.91 Å². The fourth-order valence-electron chi connectivity index (χ4n) is 2.81. The molecule has 0 fully saturated rings. The zero-order chi connectivity index (χ0) is 20.8. The largest absolute Gasteiger partial charge is 0.449 e. The fraction of sp³-hybridized carbons (Fsp3) is 0.286. The van der Waals surface area contributed by atoms with Gasteiger partial charge in [0.1, 0.15) is 6.33 Å². The lowest BCUT2D eigenvalue weighted by Crippen LogP contribution is -2.30. The first-order chi connectivity index (χ1) is 14.0. The molecule has 29 heavy (non-hydrogen) atoms. The van der Waals surface area contributed by atoms with Crippen molar-refractivity contribution in [1.82, 2.24) is 20.2 Å². The molecular weight excluding hydrogens is 370 g/mol. The second-order valence-corrected chi connectivity index (χ2v) is 6.73. The van der Waals surface area contributed by atoms with Gasteiger partial charge in [-0.05, 0) is 65.6 Å². The quantitative estimate of drug-likeness (QED) is 0.618. The molecule has 2 atom stereocenters. The Balaban J connectivity index is 1.63. The number of nitrogens with zero attached hydrogens (tertiary/aromatic N) is 4. The molecule has 0 aliphatic heterocycles. The third kappa shape index (κ3) is 4.84. The number of amides is 1. The third-order valence-corrected chi connectivity index (χ3v) is 4.73. The molecule has 1 heterocycles. The first kappa shape index (κ1) is 20.2. The number of nitrogens with one attached hydrogen (secondary N) is 1. The highest BCUT2D eigenvalue weighted by Crippen LogP contribution is 2.26. The number of hydrogen-bond acceptors (Lipinski definition) is 6. The van der Waals surface area contributed by atoms with Crippen LogP contribution in [0.2, 0.25) is 0 Å². The molecule has 150 valence electrons. The molecule has 1 N–H and O–H groups in total. The Kier molecular flexibility index (Phi) is 6.33. The molecule has 0 aliphatic carbocycles. The second-order valence-electron chi connectivity index (χ2n) is 6.73. The Morgan fingerprint density at radius 1 is 1.10 bits per heavy atom. The van der Waals surface area contributed by atoms with Crippen molar-refractivity contribution in [2.75, 3.05) is 5.32 Å². The lowest BCUT2D eigenvalue weighted by Gasteiger charge is -2.18. The van der Waals surface area contributed by atoms with E-state index in [0.717, 1.165) is 17.7 Å². The standard InChI is InChI=1S/C21H23N5O3/c1-4-14(2)18-7-5-6-8-19(18)23-20(27)15(3)29-21(28)16-9-11-17(12-10-16)26-13-22-24-25-26/h5-15H,4H2,1-3H3,(H,23,27)/t14-,15-/m1/s1. The van der Waals surface area contributed by atoms with E-state index in [2.05, 4.69) is 34.7 Å². The summed E-state index contributed by atoms with van der Waals surface area (Å²) in [6.45, 7) is 5.75. The SMILES string of the molecule is CC[C@@H](C)c1ccccc1NC(=O)[C@@H](C)OC(=O)c1ccc(-n2cnnn2)cc1. The van der Waals surface area contributed by atoms with E-state index in [1.807, 2.05) is 24.3 Å². The minimum atomic E-state index is -0.938. The van der Waals surface area contributed by atoms with Gasteiger partial charge in [0, 0.05) is 5.69 Å². The monoisotopic (exact) mass is 393 g/mol. The summed E-state index contributed by atoms with van der Waals surface area (Å²) in [7, 11) is 0. The third-order valence-electron chi connectivity index (χ3n) is 4.73. The molecule has 8 heteroatoms. The smallest absolute Gasteiger partial charge is 0.338 e. The van der Waals surface area contributed by atoms with Gasteiger partial charge in [0.15, 0.2) is 6.10 Å². The molecule has 3 rings (SSSR count). The van der Waals surface area contributed by atoms with Crippen LogP contribution < -0.4 is 5.32 Å². The highest BCUT2D eigenvalue weighted by Gasteiger charge is 2.20. The molecule has 0 unspecified atom stereocenters. The Bertz CT molecular complexity index is 970. The van der Waals surface area contributed by atoms with Gasteiger partial charge in [-0.1, -0.05) is 32.0 Å². The molecule has 1 amide bonds.